The first kappa shape index (κ1) is 18.6. The molecule has 1 rings (SSSR count). The molecule has 2 N–H and O–H groups in total. The van der Waals surface area contributed by atoms with Crippen molar-refractivity contribution in [1.29, 1.82) is 0 Å². The third-order valence-electron chi connectivity index (χ3n) is 4.03. The monoisotopic (exact) mass is 311 g/mol. The van der Waals surface area contributed by atoms with Crippen LogP contribution in [-0.2, 0) is 14.4 Å². The van der Waals surface area contributed by atoms with Crippen LogP contribution in [0.3, 0.4) is 0 Å². The van der Waals surface area contributed by atoms with Crippen LogP contribution in [0.2, 0.25) is 0 Å². The number of Topliss-reactive ketones (excluding diaryl/α,β-unsaturated/α-hetero) is 1. The van der Waals surface area contributed by atoms with Gasteiger partial charge in [-0.25, -0.2) is 0 Å². The van der Waals surface area contributed by atoms with Gasteiger partial charge in [0.25, 0.3) is 0 Å². The Morgan fingerprint density at radius 2 is 1.91 bits per heavy atom. The standard InChI is InChI=1S/C16H29N3O3/c1-11(2)16(12(3)20)18-15(22)10-19-7-5-6-14(9-19)8-17-13(4)21/h11,14,16H,5-10H2,1-4H3,(H,17,21)(H,18,22). The van der Waals surface area contributed by atoms with Gasteiger partial charge in [0.2, 0.25) is 11.8 Å². The molecule has 0 bridgehead atoms. The van der Waals surface area contributed by atoms with E-state index in [0.29, 0.717) is 19.0 Å². The molecule has 0 aromatic rings. The van der Waals surface area contributed by atoms with Gasteiger partial charge < -0.3 is 10.6 Å². The van der Waals surface area contributed by atoms with Crippen molar-refractivity contribution in [2.45, 2.75) is 46.6 Å². The average Bonchev–Trinajstić information content (AvgIpc) is 2.42. The molecule has 22 heavy (non-hydrogen) atoms. The fourth-order valence-electron chi connectivity index (χ4n) is 2.91. The van der Waals surface area contributed by atoms with E-state index in [0.717, 1.165) is 25.9 Å². The van der Waals surface area contributed by atoms with Gasteiger partial charge >= 0.3 is 0 Å². The highest BCUT2D eigenvalue weighted by molar-refractivity contribution is 5.88. The minimum atomic E-state index is -0.410. The lowest BCUT2D eigenvalue weighted by Crippen LogP contribution is -2.49. The molecule has 2 unspecified atom stereocenters. The van der Waals surface area contributed by atoms with Gasteiger partial charge in [-0.3, -0.25) is 19.3 Å². The lowest BCUT2D eigenvalue weighted by atomic mass is 9.97. The van der Waals surface area contributed by atoms with E-state index in [4.69, 9.17) is 0 Å². The number of nitrogens with zero attached hydrogens (tertiary/aromatic N) is 1. The predicted molar refractivity (Wildman–Crippen MR) is 85.3 cm³/mol. The Morgan fingerprint density at radius 1 is 1.23 bits per heavy atom. The van der Waals surface area contributed by atoms with Gasteiger partial charge in [-0.05, 0) is 38.1 Å². The van der Waals surface area contributed by atoms with Crippen molar-refractivity contribution < 1.29 is 14.4 Å². The predicted octanol–water partition coefficient (Wildman–Crippen LogP) is 0.564. The SMILES string of the molecule is CC(=O)NCC1CCCN(CC(=O)NC(C(C)=O)C(C)C)C1. The fraction of sp³-hybridized carbons (Fsp3) is 0.812. The number of amides is 2. The van der Waals surface area contributed by atoms with Crippen LogP contribution >= 0.6 is 0 Å². The van der Waals surface area contributed by atoms with Gasteiger partial charge in [-0.15, -0.1) is 0 Å². The lowest BCUT2D eigenvalue weighted by molar-refractivity contribution is -0.128. The third kappa shape index (κ3) is 6.56. The third-order valence-corrected chi connectivity index (χ3v) is 4.03. The molecular formula is C16H29N3O3. The summed E-state index contributed by atoms with van der Waals surface area (Å²) in [4.78, 5) is 36.7. The molecule has 6 heteroatoms. The highest BCUT2D eigenvalue weighted by Gasteiger charge is 2.24. The van der Waals surface area contributed by atoms with Crippen LogP contribution in [0.25, 0.3) is 0 Å². The molecule has 1 aliphatic heterocycles. The van der Waals surface area contributed by atoms with E-state index in [1.165, 1.54) is 13.8 Å². The largest absolute Gasteiger partial charge is 0.356 e. The van der Waals surface area contributed by atoms with Crippen molar-refractivity contribution in [1.82, 2.24) is 15.5 Å². The number of hydrogen-bond donors (Lipinski definition) is 2. The molecule has 0 radical (unpaired) electrons. The number of piperidine rings is 1. The van der Waals surface area contributed by atoms with Crippen LogP contribution in [0.4, 0.5) is 0 Å². The summed E-state index contributed by atoms with van der Waals surface area (Å²) in [6, 6.07) is -0.410. The number of hydrogen-bond acceptors (Lipinski definition) is 4. The summed E-state index contributed by atoms with van der Waals surface area (Å²) in [6.07, 6.45) is 2.10. The molecule has 0 saturated carbocycles. The van der Waals surface area contributed by atoms with E-state index >= 15 is 0 Å². The van der Waals surface area contributed by atoms with Crippen LogP contribution in [0, 0.1) is 11.8 Å². The maximum atomic E-state index is 12.1. The first-order chi connectivity index (χ1) is 10.3. The topological polar surface area (TPSA) is 78.5 Å². The summed E-state index contributed by atoms with van der Waals surface area (Å²) in [7, 11) is 0. The smallest absolute Gasteiger partial charge is 0.234 e. The molecule has 6 nitrogen and oxygen atoms in total. The van der Waals surface area contributed by atoms with Crippen LogP contribution in [0.5, 0.6) is 0 Å². The summed E-state index contributed by atoms with van der Waals surface area (Å²) in [5.74, 6) is 0.352. The Bertz CT molecular complexity index is 409. The Hall–Kier alpha value is -1.43. The van der Waals surface area contributed by atoms with Gasteiger partial charge in [0.05, 0.1) is 12.6 Å². The van der Waals surface area contributed by atoms with E-state index in [-0.39, 0.29) is 23.5 Å². The number of rotatable bonds is 7. The molecule has 1 aliphatic rings. The van der Waals surface area contributed by atoms with Crippen molar-refractivity contribution >= 4 is 17.6 Å². The molecule has 1 heterocycles. The normalized spacial score (nSPS) is 20.5. The van der Waals surface area contributed by atoms with Crippen molar-refractivity contribution in [3.63, 3.8) is 0 Å². The number of carbonyl (C=O) groups excluding carboxylic acids is 3. The zero-order valence-corrected chi connectivity index (χ0v) is 14.1. The summed E-state index contributed by atoms with van der Waals surface area (Å²) in [6.45, 7) is 9.55. The second kappa shape index (κ2) is 8.88. The van der Waals surface area contributed by atoms with Gasteiger partial charge in [-0.2, -0.15) is 0 Å². The highest BCUT2D eigenvalue weighted by Crippen LogP contribution is 2.15. The van der Waals surface area contributed by atoms with Gasteiger partial charge in [0, 0.05) is 20.0 Å². The number of likely N-dealkylation sites (tertiary alicyclic amines) is 1. The molecule has 1 saturated heterocycles. The molecule has 1 fully saturated rings. The van der Waals surface area contributed by atoms with Crippen LogP contribution < -0.4 is 10.6 Å². The van der Waals surface area contributed by atoms with Crippen LogP contribution in [0.1, 0.15) is 40.5 Å². The van der Waals surface area contributed by atoms with Crippen LogP contribution in [0.15, 0.2) is 0 Å². The molecule has 0 spiro atoms. The van der Waals surface area contributed by atoms with Crippen molar-refractivity contribution in [2.24, 2.45) is 11.8 Å². The van der Waals surface area contributed by atoms with E-state index in [9.17, 15) is 14.4 Å². The van der Waals surface area contributed by atoms with Crippen LogP contribution in [-0.4, -0.2) is 54.7 Å². The minimum Gasteiger partial charge on any atom is -0.356 e. The molecule has 0 aromatic carbocycles. The summed E-state index contributed by atoms with van der Waals surface area (Å²) in [5.41, 5.74) is 0. The van der Waals surface area contributed by atoms with E-state index in [2.05, 4.69) is 15.5 Å². The second-order valence-electron chi connectivity index (χ2n) is 6.58. The molecule has 0 aromatic heterocycles. The zero-order chi connectivity index (χ0) is 16.7. The van der Waals surface area contributed by atoms with Crippen molar-refractivity contribution in [3.05, 3.63) is 0 Å². The van der Waals surface area contributed by atoms with E-state index in [1.807, 2.05) is 13.8 Å². The molecule has 2 atom stereocenters. The number of ketones is 1. The average molecular weight is 311 g/mol. The number of nitrogens with one attached hydrogen (secondary N) is 2. The summed E-state index contributed by atoms with van der Waals surface area (Å²) in [5, 5.41) is 5.67. The second-order valence-corrected chi connectivity index (χ2v) is 6.58. The van der Waals surface area contributed by atoms with E-state index < -0.39 is 6.04 Å². The first-order valence-corrected chi connectivity index (χ1v) is 8.06. The summed E-state index contributed by atoms with van der Waals surface area (Å²) >= 11 is 0. The van der Waals surface area contributed by atoms with Gasteiger partial charge in [0.15, 0.2) is 5.78 Å². The molecule has 2 amide bonds. The maximum absolute atomic E-state index is 12.1. The number of carbonyl (C=O) groups is 3. The van der Waals surface area contributed by atoms with Gasteiger partial charge in [0.1, 0.15) is 0 Å². The highest BCUT2D eigenvalue weighted by atomic mass is 16.2. The Kier molecular flexibility index (Phi) is 7.51. The quantitative estimate of drug-likeness (QED) is 0.720. The maximum Gasteiger partial charge on any atom is 0.234 e. The van der Waals surface area contributed by atoms with Crippen molar-refractivity contribution in [2.75, 3.05) is 26.2 Å². The fourth-order valence-corrected chi connectivity index (χ4v) is 2.91. The first-order valence-electron chi connectivity index (χ1n) is 8.06. The van der Waals surface area contributed by atoms with Crippen molar-refractivity contribution in [3.8, 4) is 0 Å². The van der Waals surface area contributed by atoms with Gasteiger partial charge in [-0.1, -0.05) is 13.8 Å². The lowest BCUT2D eigenvalue weighted by Gasteiger charge is -2.32. The Balaban J connectivity index is 2.43. The summed E-state index contributed by atoms with van der Waals surface area (Å²) < 4.78 is 0. The molecule has 126 valence electrons. The minimum absolute atomic E-state index is 0.00877. The zero-order valence-electron chi connectivity index (χ0n) is 14.1. The Labute approximate surface area is 133 Å². The van der Waals surface area contributed by atoms with E-state index in [1.54, 1.807) is 0 Å². The Morgan fingerprint density at radius 3 is 2.45 bits per heavy atom. The molecule has 0 aliphatic carbocycles. The molecular weight excluding hydrogens is 282 g/mol.